The third-order valence-corrected chi connectivity index (χ3v) is 4.01. The fourth-order valence-corrected chi connectivity index (χ4v) is 2.84. The zero-order chi connectivity index (χ0) is 13.8. The van der Waals surface area contributed by atoms with Gasteiger partial charge in [0.1, 0.15) is 0 Å². The lowest BCUT2D eigenvalue weighted by Crippen LogP contribution is -2.07. The first-order chi connectivity index (χ1) is 9.83. The van der Waals surface area contributed by atoms with E-state index < -0.39 is 6.10 Å². The summed E-state index contributed by atoms with van der Waals surface area (Å²) in [5.41, 5.74) is 0.880. The van der Waals surface area contributed by atoms with E-state index in [0.29, 0.717) is 18.2 Å². The third kappa shape index (κ3) is 3.07. The molecule has 1 aromatic carbocycles. The molecule has 0 spiro atoms. The van der Waals surface area contributed by atoms with Crippen molar-refractivity contribution in [2.24, 2.45) is 0 Å². The van der Waals surface area contributed by atoms with E-state index in [4.69, 9.17) is 4.52 Å². The van der Waals surface area contributed by atoms with Gasteiger partial charge < -0.3 is 9.63 Å². The van der Waals surface area contributed by atoms with E-state index in [2.05, 4.69) is 10.1 Å². The molecule has 1 saturated carbocycles. The van der Waals surface area contributed by atoms with Gasteiger partial charge in [0.25, 0.3) is 0 Å². The van der Waals surface area contributed by atoms with Crippen molar-refractivity contribution >= 4 is 0 Å². The summed E-state index contributed by atoms with van der Waals surface area (Å²) < 4.78 is 5.29. The maximum Gasteiger partial charge on any atom is 0.229 e. The molecule has 0 amide bonds. The molecule has 1 N–H and O–H groups in total. The minimum absolute atomic E-state index is 0.379. The molecule has 3 rings (SSSR count). The van der Waals surface area contributed by atoms with E-state index in [1.807, 2.05) is 30.3 Å². The van der Waals surface area contributed by atoms with Crippen LogP contribution < -0.4 is 0 Å². The summed E-state index contributed by atoms with van der Waals surface area (Å²) in [5, 5.41) is 14.3. The third-order valence-electron chi connectivity index (χ3n) is 4.01. The van der Waals surface area contributed by atoms with Gasteiger partial charge in [0.15, 0.2) is 5.82 Å². The van der Waals surface area contributed by atoms with Crippen molar-refractivity contribution in [1.82, 2.24) is 10.1 Å². The first kappa shape index (κ1) is 13.3. The summed E-state index contributed by atoms with van der Waals surface area (Å²) in [6.07, 6.45) is 5.91. The largest absolute Gasteiger partial charge is 0.388 e. The van der Waals surface area contributed by atoms with Gasteiger partial charge >= 0.3 is 0 Å². The van der Waals surface area contributed by atoms with Crippen LogP contribution in [0.5, 0.6) is 0 Å². The first-order valence-electron chi connectivity index (χ1n) is 7.38. The molecule has 4 heteroatoms. The molecule has 1 aliphatic rings. The van der Waals surface area contributed by atoms with Gasteiger partial charge in [0, 0.05) is 5.92 Å². The number of aromatic nitrogens is 2. The molecule has 1 fully saturated rings. The number of rotatable bonds is 4. The second-order valence-corrected chi connectivity index (χ2v) is 5.51. The molecule has 20 heavy (non-hydrogen) atoms. The van der Waals surface area contributed by atoms with Crippen LogP contribution in [0, 0.1) is 0 Å². The molecule has 2 aromatic rings. The minimum atomic E-state index is -0.587. The molecule has 1 heterocycles. The predicted molar refractivity (Wildman–Crippen MR) is 75.2 cm³/mol. The number of aliphatic hydroxyl groups is 1. The second-order valence-electron chi connectivity index (χ2n) is 5.51. The number of benzene rings is 1. The fourth-order valence-electron chi connectivity index (χ4n) is 2.84. The zero-order valence-electron chi connectivity index (χ0n) is 11.5. The molecule has 0 bridgehead atoms. The van der Waals surface area contributed by atoms with Crippen molar-refractivity contribution in [2.45, 2.75) is 50.5 Å². The van der Waals surface area contributed by atoms with Crippen molar-refractivity contribution in [3.8, 4) is 0 Å². The Balaban J connectivity index is 1.65. The van der Waals surface area contributed by atoms with Crippen LogP contribution in [0.1, 0.15) is 61.4 Å². The van der Waals surface area contributed by atoms with Gasteiger partial charge in [-0.3, -0.25) is 0 Å². The highest BCUT2D eigenvalue weighted by molar-refractivity contribution is 5.18. The number of aliphatic hydroxyl groups excluding tert-OH is 1. The Morgan fingerprint density at radius 3 is 2.65 bits per heavy atom. The van der Waals surface area contributed by atoms with Crippen LogP contribution >= 0.6 is 0 Å². The van der Waals surface area contributed by atoms with Crippen LogP contribution in [0.3, 0.4) is 0 Å². The SMILES string of the molecule is O[C@H](Cc1nc(C2CCCCC2)no1)c1ccccc1. The minimum Gasteiger partial charge on any atom is -0.388 e. The standard InChI is InChI=1S/C16H20N2O2/c19-14(12-7-3-1-4-8-12)11-15-17-16(18-20-15)13-9-5-2-6-10-13/h1,3-4,7-8,13-14,19H,2,5-6,9-11H2/t14-/m1/s1. The molecule has 0 radical (unpaired) electrons. The molecule has 0 saturated heterocycles. The van der Waals surface area contributed by atoms with Gasteiger partial charge in [-0.1, -0.05) is 54.8 Å². The Hall–Kier alpha value is -1.68. The van der Waals surface area contributed by atoms with Gasteiger partial charge in [0.05, 0.1) is 12.5 Å². The molecular formula is C16H20N2O2. The van der Waals surface area contributed by atoms with Crippen molar-refractivity contribution in [2.75, 3.05) is 0 Å². The van der Waals surface area contributed by atoms with Crippen molar-refractivity contribution in [1.29, 1.82) is 0 Å². The Bertz CT molecular complexity index is 532. The van der Waals surface area contributed by atoms with Crippen LogP contribution in [-0.4, -0.2) is 15.2 Å². The van der Waals surface area contributed by atoms with Crippen molar-refractivity contribution in [3.05, 3.63) is 47.6 Å². The van der Waals surface area contributed by atoms with Crippen LogP contribution in [0.2, 0.25) is 0 Å². The second kappa shape index (κ2) is 6.18. The Morgan fingerprint density at radius 1 is 1.15 bits per heavy atom. The number of nitrogens with zero attached hydrogens (tertiary/aromatic N) is 2. The quantitative estimate of drug-likeness (QED) is 0.926. The Kier molecular flexibility index (Phi) is 4.11. The van der Waals surface area contributed by atoms with E-state index >= 15 is 0 Å². The summed E-state index contributed by atoms with van der Waals surface area (Å²) in [6, 6.07) is 9.58. The molecule has 1 aliphatic carbocycles. The summed E-state index contributed by atoms with van der Waals surface area (Å²) >= 11 is 0. The summed E-state index contributed by atoms with van der Waals surface area (Å²) in [7, 11) is 0. The van der Waals surface area contributed by atoms with Crippen molar-refractivity contribution in [3.63, 3.8) is 0 Å². The average molecular weight is 272 g/mol. The van der Waals surface area contributed by atoms with Gasteiger partial charge in [-0.05, 0) is 18.4 Å². The van der Waals surface area contributed by atoms with E-state index in [1.54, 1.807) is 0 Å². The lowest BCUT2D eigenvalue weighted by Gasteiger charge is -2.17. The molecular weight excluding hydrogens is 252 g/mol. The molecule has 0 aliphatic heterocycles. The summed E-state index contributed by atoms with van der Waals surface area (Å²) in [4.78, 5) is 4.46. The lowest BCUT2D eigenvalue weighted by atomic mass is 9.89. The summed E-state index contributed by atoms with van der Waals surface area (Å²) in [6.45, 7) is 0. The highest BCUT2D eigenvalue weighted by atomic mass is 16.5. The average Bonchev–Trinajstić information content (AvgIpc) is 2.97. The van der Waals surface area contributed by atoms with Gasteiger partial charge in [0.2, 0.25) is 5.89 Å². The van der Waals surface area contributed by atoms with E-state index in [1.165, 1.54) is 19.3 Å². The van der Waals surface area contributed by atoms with E-state index in [-0.39, 0.29) is 0 Å². The van der Waals surface area contributed by atoms with E-state index in [9.17, 15) is 5.11 Å². The Labute approximate surface area is 118 Å². The lowest BCUT2D eigenvalue weighted by molar-refractivity contribution is 0.164. The molecule has 1 atom stereocenters. The highest BCUT2D eigenvalue weighted by Crippen LogP contribution is 2.31. The number of hydrogen-bond acceptors (Lipinski definition) is 4. The summed E-state index contributed by atoms with van der Waals surface area (Å²) in [5.74, 6) is 1.79. The van der Waals surface area contributed by atoms with Crippen LogP contribution in [0.15, 0.2) is 34.9 Å². The monoisotopic (exact) mass is 272 g/mol. The first-order valence-corrected chi connectivity index (χ1v) is 7.38. The molecule has 0 unspecified atom stereocenters. The number of hydrogen-bond donors (Lipinski definition) is 1. The normalized spacial score (nSPS) is 18.1. The van der Waals surface area contributed by atoms with Crippen LogP contribution in [0.25, 0.3) is 0 Å². The van der Waals surface area contributed by atoms with Crippen LogP contribution in [-0.2, 0) is 6.42 Å². The van der Waals surface area contributed by atoms with E-state index in [0.717, 1.165) is 24.2 Å². The smallest absolute Gasteiger partial charge is 0.229 e. The molecule has 106 valence electrons. The van der Waals surface area contributed by atoms with Gasteiger partial charge in [-0.15, -0.1) is 0 Å². The molecule has 1 aromatic heterocycles. The maximum absolute atomic E-state index is 10.2. The van der Waals surface area contributed by atoms with Crippen LogP contribution in [0.4, 0.5) is 0 Å². The maximum atomic E-state index is 10.2. The zero-order valence-corrected chi connectivity index (χ0v) is 11.5. The fraction of sp³-hybridized carbons (Fsp3) is 0.500. The predicted octanol–water partition coefficient (Wildman–Crippen LogP) is 3.39. The molecule has 4 nitrogen and oxygen atoms in total. The van der Waals surface area contributed by atoms with Crippen molar-refractivity contribution < 1.29 is 9.63 Å². The van der Waals surface area contributed by atoms with Gasteiger partial charge in [-0.25, -0.2) is 0 Å². The van der Waals surface area contributed by atoms with Gasteiger partial charge in [-0.2, -0.15) is 4.98 Å². The topological polar surface area (TPSA) is 59.2 Å². The Morgan fingerprint density at radius 2 is 1.90 bits per heavy atom. The highest BCUT2D eigenvalue weighted by Gasteiger charge is 2.21.